The predicted molar refractivity (Wildman–Crippen MR) is 137 cm³/mol. The number of ether oxygens (including phenoxy) is 2. The minimum absolute atomic E-state index is 0.0192. The van der Waals surface area contributed by atoms with Crippen molar-refractivity contribution in [3.8, 4) is 11.8 Å². The van der Waals surface area contributed by atoms with Gasteiger partial charge in [0.1, 0.15) is 5.75 Å². The Morgan fingerprint density at radius 3 is 2.38 bits per heavy atom. The molecule has 0 saturated carbocycles. The zero-order valence-electron chi connectivity index (χ0n) is 20.8. The molecule has 2 aliphatic heterocycles. The molecule has 196 valence electrons. The van der Waals surface area contributed by atoms with Crippen LogP contribution in [0.15, 0.2) is 54.6 Å². The normalized spacial score (nSPS) is 21.4. The van der Waals surface area contributed by atoms with Crippen LogP contribution in [0.5, 0.6) is 5.75 Å². The Balaban J connectivity index is 1.29. The van der Waals surface area contributed by atoms with Gasteiger partial charge in [-0.3, -0.25) is 19.4 Å². The Labute approximate surface area is 217 Å². The second-order valence-corrected chi connectivity index (χ2v) is 9.56. The number of nitriles is 1. The lowest BCUT2D eigenvalue weighted by Crippen LogP contribution is -2.65. The van der Waals surface area contributed by atoms with Crippen LogP contribution in [0.4, 0.5) is 0 Å². The largest absolute Gasteiger partial charge is 0.494 e. The first-order chi connectivity index (χ1) is 17.9. The quantitative estimate of drug-likeness (QED) is 0.392. The van der Waals surface area contributed by atoms with Crippen molar-refractivity contribution in [3.05, 3.63) is 65.7 Å². The van der Waals surface area contributed by atoms with Crippen LogP contribution in [-0.2, 0) is 20.9 Å². The van der Waals surface area contributed by atoms with Crippen molar-refractivity contribution < 1.29 is 19.1 Å². The predicted octanol–water partition coefficient (Wildman–Crippen LogP) is 0.210. The van der Waals surface area contributed by atoms with Crippen molar-refractivity contribution >= 4 is 11.8 Å². The van der Waals surface area contributed by atoms with Crippen molar-refractivity contribution in [1.82, 2.24) is 15.1 Å². The molecule has 4 atom stereocenters. The molecular formula is C27H34N6O4. The molecular weight excluding hydrogens is 472 g/mol. The van der Waals surface area contributed by atoms with Crippen LogP contribution in [0.1, 0.15) is 17.5 Å². The SMILES string of the molecule is N#Cc1ccc(OCCC(C(N)C(N)=O)N2CC3CN(CC(=O)NCc4ccccc4)CC(C2)O3)cc1. The monoisotopic (exact) mass is 506 g/mol. The fourth-order valence-electron chi connectivity index (χ4n) is 4.97. The van der Waals surface area contributed by atoms with E-state index < -0.39 is 11.9 Å². The summed E-state index contributed by atoms with van der Waals surface area (Å²) >= 11 is 0. The number of carbonyl (C=O) groups excluding carboxylic acids is 2. The zero-order valence-corrected chi connectivity index (χ0v) is 20.8. The first kappa shape index (κ1) is 26.6. The van der Waals surface area contributed by atoms with E-state index in [-0.39, 0.29) is 24.2 Å². The number of benzene rings is 2. The molecule has 2 aromatic rings. The van der Waals surface area contributed by atoms with E-state index in [4.69, 9.17) is 26.2 Å². The molecule has 2 bridgehead atoms. The van der Waals surface area contributed by atoms with E-state index in [0.29, 0.717) is 63.6 Å². The minimum Gasteiger partial charge on any atom is -0.494 e. The molecule has 2 aliphatic rings. The van der Waals surface area contributed by atoms with Gasteiger partial charge in [0.05, 0.1) is 43.0 Å². The average molecular weight is 507 g/mol. The molecule has 2 heterocycles. The number of carbonyl (C=O) groups is 2. The summed E-state index contributed by atoms with van der Waals surface area (Å²) in [6.45, 7) is 3.56. The maximum absolute atomic E-state index is 12.5. The third-order valence-electron chi connectivity index (χ3n) is 6.76. The van der Waals surface area contributed by atoms with Crippen LogP contribution in [0.25, 0.3) is 0 Å². The Kier molecular flexibility index (Phi) is 9.09. The van der Waals surface area contributed by atoms with Gasteiger partial charge in [0.2, 0.25) is 11.8 Å². The van der Waals surface area contributed by atoms with Gasteiger partial charge in [-0.25, -0.2) is 0 Å². The van der Waals surface area contributed by atoms with E-state index in [0.717, 1.165) is 5.56 Å². The van der Waals surface area contributed by atoms with Crippen molar-refractivity contribution in [2.24, 2.45) is 11.5 Å². The topological polar surface area (TPSA) is 147 Å². The van der Waals surface area contributed by atoms with Crippen LogP contribution in [0.3, 0.4) is 0 Å². The number of amides is 2. The molecule has 4 unspecified atom stereocenters. The highest BCUT2D eigenvalue weighted by Crippen LogP contribution is 2.23. The van der Waals surface area contributed by atoms with E-state index >= 15 is 0 Å². The third kappa shape index (κ3) is 7.50. The van der Waals surface area contributed by atoms with E-state index in [1.54, 1.807) is 24.3 Å². The smallest absolute Gasteiger partial charge is 0.235 e. The number of nitrogens with two attached hydrogens (primary N) is 2. The van der Waals surface area contributed by atoms with Crippen molar-refractivity contribution in [2.45, 2.75) is 37.3 Å². The molecule has 0 spiro atoms. The van der Waals surface area contributed by atoms with Gasteiger partial charge < -0.3 is 26.3 Å². The van der Waals surface area contributed by atoms with Crippen LogP contribution >= 0.6 is 0 Å². The first-order valence-corrected chi connectivity index (χ1v) is 12.5. The fraction of sp³-hybridized carbons (Fsp3) is 0.444. The van der Waals surface area contributed by atoms with Gasteiger partial charge in [0.15, 0.2) is 0 Å². The number of fused-ring (bicyclic) bond motifs is 2. The van der Waals surface area contributed by atoms with Crippen LogP contribution < -0.4 is 21.5 Å². The summed E-state index contributed by atoms with van der Waals surface area (Å²) in [7, 11) is 0. The van der Waals surface area contributed by atoms with E-state index in [1.165, 1.54) is 0 Å². The van der Waals surface area contributed by atoms with Crippen LogP contribution in [-0.4, -0.2) is 85.2 Å². The molecule has 0 radical (unpaired) electrons. The van der Waals surface area contributed by atoms with Crippen molar-refractivity contribution in [1.29, 1.82) is 5.26 Å². The number of morpholine rings is 2. The molecule has 0 aliphatic carbocycles. The van der Waals surface area contributed by atoms with Gasteiger partial charge in [-0.1, -0.05) is 30.3 Å². The Hall–Kier alpha value is -3.49. The second-order valence-electron chi connectivity index (χ2n) is 9.56. The number of hydrogen-bond donors (Lipinski definition) is 3. The summed E-state index contributed by atoms with van der Waals surface area (Å²) in [6, 6.07) is 17.6. The van der Waals surface area contributed by atoms with Crippen LogP contribution in [0, 0.1) is 11.3 Å². The van der Waals surface area contributed by atoms with Gasteiger partial charge in [-0.2, -0.15) is 5.26 Å². The Morgan fingerprint density at radius 1 is 1.08 bits per heavy atom. The van der Waals surface area contributed by atoms with Gasteiger partial charge in [0.25, 0.3) is 0 Å². The summed E-state index contributed by atoms with van der Waals surface area (Å²) in [6.07, 6.45) is 0.308. The number of nitrogens with zero attached hydrogens (tertiary/aromatic N) is 3. The molecule has 4 rings (SSSR count). The summed E-state index contributed by atoms with van der Waals surface area (Å²) in [5.74, 6) is 0.0661. The standard InChI is InChI=1S/C27H34N6O4/c28-12-19-6-8-21(9-7-19)36-11-10-24(26(29)27(30)35)33-16-22-14-32(15-23(17-33)37-22)18-25(34)31-13-20-4-2-1-3-5-20/h1-9,22-24,26H,10-11,13-18,29H2,(H2,30,35)(H,31,34). The number of primary amides is 1. The highest BCUT2D eigenvalue weighted by molar-refractivity contribution is 5.80. The molecule has 2 saturated heterocycles. The molecule has 10 heteroatoms. The molecule has 5 N–H and O–H groups in total. The van der Waals surface area contributed by atoms with Gasteiger partial charge in [-0.05, 0) is 36.2 Å². The van der Waals surface area contributed by atoms with E-state index in [9.17, 15) is 9.59 Å². The average Bonchev–Trinajstić information content (AvgIpc) is 2.90. The van der Waals surface area contributed by atoms with E-state index in [1.807, 2.05) is 30.3 Å². The van der Waals surface area contributed by atoms with Gasteiger partial charge in [-0.15, -0.1) is 0 Å². The summed E-state index contributed by atoms with van der Waals surface area (Å²) in [5.41, 5.74) is 13.4. The maximum atomic E-state index is 12.5. The van der Waals surface area contributed by atoms with Gasteiger partial charge >= 0.3 is 0 Å². The number of nitrogens with one attached hydrogen (secondary N) is 1. The first-order valence-electron chi connectivity index (χ1n) is 12.5. The molecule has 37 heavy (non-hydrogen) atoms. The lowest BCUT2D eigenvalue weighted by atomic mass is 9.99. The van der Waals surface area contributed by atoms with Crippen molar-refractivity contribution in [3.63, 3.8) is 0 Å². The molecule has 0 aromatic heterocycles. The molecule has 2 fully saturated rings. The lowest BCUT2D eigenvalue weighted by Gasteiger charge is -2.48. The minimum atomic E-state index is -0.844. The number of hydrogen-bond acceptors (Lipinski definition) is 8. The summed E-state index contributed by atoms with van der Waals surface area (Å²) < 4.78 is 12.0. The third-order valence-corrected chi connectivity index (χ3v) is 6.76. The molecule has 10 nitrogen and oxygen atoms in total. The van der Waals surface area contributed by atoms with Gasteiger partial charge in [0, 0.05) is 38.8 Å². The highest BCUT2D eigenvalue weighted by atomic mass is 16.5. The zero-order chi connectivity index (χ0) is 26.2. The Bertz CT molecular complexity index is 1080. The summed E-state index contributed by atoms with van der Waals surface area (Å²) in [4.78, 5) is 28.8. The molecule has 2 aromatic carbocycles. The highest BCUT2D eigenvalue weighted by Gasteiger charge is 2.40. The number of rotatable bonds is 11. The van der Waals surface area contributed by atoms with Crippen molar-refractivity contribution in [2.75, 3.05) is 39.3 Å². The van der Waals surface area contributed by atoms with Crippen LogP contribution in [0.2, 0.25) is 0 Å². The fourth-order valence-corrected chi connectivity index (χ4v) is 4.97. The lowest BCUT2D eigenvalue weighted by molar-refractivity contribution is -0.154. The molecule has 2 amide bonds. The van der Waals surface area contributed by atoms with E-state index in [2.05, 4.69) is 21.2 Å². The maximum Gasteiger partial charge on any atom is 0.235 e. The Morgan fingerprint density at radius 2 is 1.76 bits per heavy atom. The second kappa shape index (κ2) is 12.7. The summed E-state index contributed by atoms with van der Waals surface area (Å²) in [5, 5.41) is 11.9.